The second-order valence-corrected chi connectivity index (χ2v) is 4.22. The summed E-state index contributed by atoms with van der Waals surface area (Å²) in [6.07, 6.45) is 0.200. The number of carbonyl (C=O) groups excluding carboxylic acids is 1. The molecule has 2 aromatic rings. The van der Waals surface area contributed by atoms with Gasteiger partial charge in [0.1, 0.15) is 18.1 Å². The molecule has 4 nitrogen and oxygen atoms in total. The van der Waals surface area contributed by atoms with Crippen LogP contribution in [0.1, 0.15) is 21.9 Å². The number of ether oxygens (including phenoxy) is 1. The Morgan fingerprint density at radius 3 is 2.58 bits per heavy atom. The molecular formula is C14H10ClNO3. The van der Waals surface area contributed by atoms with Crippen molar-refractivity contribution in [3.05, 3.63) is 58.5 Å². The summed E-state index contributed by atoms with van der Waals surface area (Å²) in [4.78, 5) is 11.7. The fraction of sp³-hybridized carbons (Fsp3) is 0.143. The van der Waals surface area contributed by atoms with Crippen LogP contribution in [-0.4, -0.2) is 5.97 Å². The van der Waals surface area contributed by atoms with E-state index in [0.717, 1.165) is 0 Å². The number of rotatable bonds is 4. The van der Waals surface area contributed by atoms with E-state index in [1.807, 2.05) is 6.07 Å². The van der Waals surface area contributed by atoms with Crippen LogP contribution in [0.5, 0.6) is 0 Å². The van der Waals surface area contributed by atoms with Crippen molar-refractivity contribution in [2.75, 3.05) is 0 Å². The Bertz CT molecular complexity index is 610. The Morgan fingerprint density at radius 2 is 1.89 bits per heavy atom. The molecule has 0 amide bonds. The summed E-state index contributed by atoms with van der Waals surface area (Å²) in [5.41, 5.74) is 0.424. The Morgan fingerprint density at radius 1 is 1.21 bits per heavy atom. The lowest BCUT2D eigenvalue weighted by atomic mass is 10.2. The summed E-state index contributed by atoms with van der Waals surface area (Å²) in [6.45, 7) is 0.0346. The predicted molar refractivity (Wildman–Crippen MR) is 68.6 cm³/mol. The second kappa shape index (κ2) is 6.07. The van der Waals surface area contributed by atoms with E-state index in [1.165, 1.54) is 0 Å². The lowest BCUT2D eigenvalue weighted by Crippen LogP contribution is -2.04. The van der Waals surface area contributed by atoms with Gasteiger partial charge in [0, 0.05) is 5.02 Å². The molecule has 0 unspecified atom stereocenters. The maximum Gasteiger partial charge on any atom is 0.338 e. The van der Waals surface area contributed by atoms with Gasteiger partial charge in [-0.2, -0.15) is 5.26 Å². The first-order valence-electron chi connectivity index (χ1n) is 5.56. The van der Waals surface area contributed by atoms with E-state index in [4.69, 9.17) is 26.0 Å². The largest absolute Gasteiger partial charge is 0.461 e. The van der Waals surface area contributed by atoms with Gasteiger partial charge >= 0.3 is 5.97 Å². The molecule has 0 aliphatic rings. The molecule has 1 heterocycles. The highest BCUT2D eigenvalue weighted by atomic mass is 35.5. The van der Waals surface area contributed by atoms with Crippen LogP contribution in [0.4, 0.5) is 0 Å². The molecule has 2 rings (SSSR count). The zero-order chi connectivity index (χ0) is 13.7. The minimum Gasteiger partial charge on any atom is -0.461 e. The molecule has 96 valence electrons. The molecule has 0 bridgehead atoms. The number of halogens is 1. The lowest BCUT2D eigenvalue weighted by molar-refractivity contribution is 0.0444. The number of nitriles is 1. The maximum atomic E-state index is 11.7. The zero-order valence-electron chi connectivity index (χ0n) is 9.93. The highest BCUT2D eigenvalue weighted by molar-refractivity contribution is 6.30. The summed E-state index contributed by atoms with van der Waals surface area (Å²) in [7, 11) is 0. The van der Waals surface area contributed by atoms with Crippen molar-refractivity contribution < 1.29 is 13.9 Å². The minimum absolute atomic E-state index is 0.0346. The Hall–Kier alpha value is -2.25. The summed E-state index contributed by atoms with van der Waals surface area (Å²) in [6, 6.07) is 11.8. The van der Waals surface area contributed by atoms with Gasteiger partial charge in [0.2, 0.25) is 0 Å². The van der Waals surface area contributed by atoms with E-state index in [2.05, 4.69) is 0 Å². The highest BCUT2D eigenvalue weighted by Crippen LogP contribution is 2.13. The van der Waals surface area contributed by atoms with Gasteiger partial charge in [-0.25, -0.2) is 4.79 Å². The first-order valence-corrected chi connectivity index (χ1v) is 5.94. The van der Waals surface area contributed by atoms with Gasteiger partial charge in [0.25, 0.3) is 0 Å². The third-order valence-electron chi connectivity index (χ3n) is 2.40. The molecule has 0 fully saturated rings. The third-order valence-corrected chi connectivity index (χ3v) is 2.65. The molecule has 0 aliphatic carbocycles. The SMILES string of the molecule is N#CCc1ccc(COC(=O)c2ccc(Cl)cc2)o1. The molecule has 0 atom stereocenters. The first kappa shape index (κ1) is 13.2. The normalized spacial score (nSPS) is 9.89. The molecule has 0 N–H and O–H groups in total. The van der Waals surface area contributed by atoms with Gasteiger partial charge in [0.05, 0.1) is 18.1 Å². The van der Waals surface area contributed by atoms with E-state index < -0.39 is 5.97 Å². The van der Waals surface area contributed by atoms with E-state index >= 15 is 0 Å². The van der Waals surface area contributed by atoms with Crippen molar-refractivity contribution in [3.63, 3.8) is 0 Å². The molecule has 0 spiro atoms. The van der Waals surface area contributed by atoms with Crippen LogP contribution in [0.3, 0.4) is 0 Å². The van der Waals surface area contributed by atoms with Gasteiger partial charge in [-0.05, 0) is 36.4 Å². The summed E-state index contributed by atoms with van der Waals surface area (Å²) < 4.78 is 10.4. The summed E-state index contributed by atoms with van der Waals surface area (Å²) >= 11 is 5.73. The van der Waals surface area contributed by atoms with E-state index in [1.54, 1.807) is 36.4 Å². The number of hydrogen-bond acceptors (Lipinski definition) is 4. The van der Waals surface area contributed by atoms with E-state index in [9.17, 15) is 4.79 Å². The van der Waals surface area contributed by atoms with Gasteiger partial charge in [0.15, 0.2) is 0 Å². The van der Waals surface area contributed by atoms with Crippen molar-refractivity contribution in [1.29, 1.82) is 5.26 Å². The molecule has 5 heteroatoms. The van der Waals surface area contributed by atoms with Crippen LogP contribution in [0.2, 0.25) is 5.02 Å². The van der Waals surface area contributed by atoms with E-state index in [0.29, 0.717) is 22.1 Å². The standard InChI is InChI=1S/C14H10ClNO3/c15-11-3-1-10(2-4-11)14(17)18-9-13-6-5-12(19-13)7-8-16/h1-6H,7,9H2. The van der Waals surface area contributed by atoms with Crippen LogP contribution in [0.25, 0.3) is 0 Å². The van der Waals surface area contributed by atoms with Crippen LogP contribution in [0.15, 0.2) is 40.8 Å². The maximum absolute atomic E-state index is 11.7. The molecule has 19 heavy (non-hydrogen) atoms. The summed E-state index contributed by atoms with van der Waals surface area (Å²) in [5, 5.41) is 9.07. The molecule has 0 saturated heterocycles. The van der Waals surface area contributed by atoms with E-state index in [-0.39, 0.29) is 13.0 Å². The van der Waals surface area contributed by atoms with Gasteiger partial charge in [-0.1, -0.05) is 11.6 Å². The number of nitrogens with zero attached hydrogens (tertiary/aromatic N) is 1. The van der Waals surface area contributed by atoms with Crippen molar-refractivity contribution >= 4 is 17.6 Å². The molecular weight excluding hydrogens is 266 g/mol. The minimum atomic E-state index is -0.449. The molecule has 0 radical (unpaired) electrons. The number of carbonyl (C=O) groups is 1. The lowest BCUT2D eigenvalue weighted by Gasteiger charge is -2.02. The average molecular weight is 276 g/mol. The Kier molecular flexibility index (Phi) is 4.22. The average Bonchev–Trinajstić information content (AvgIpc) is 2.85. The van der Waals surface area contributed by atoms with Gasteiger partial charge in [-0.15, -0.1) is 0 Å². The monoisotopic (exact) mass is 275 g/mol. The van der Waals surface area contributed by atoms with Crippen molar-refractivity contribution in [2.24, 2.45) is 0 Å². The first-order chi connectivity index (χ1) is 9.19. The quantitative estimate of drug-likeness (QED) is 0.803. The van der Waals surface area contributed by atoms with Crippen molar-refractivity contribution in [3.8, 4) is 6.07 Å². The highest BCUT2D eigenvalue weighted by Gasteiger charge is 2.09. The van der Waals surface area contributed by atoms with Crippen LogP contribution < -0.4 is 0 Å². The summed E-state index contributed by atoms with van der Waals surface area (Å²) in [5.74, 6) is 0.613. The van der Waals surface area contributed by atoms with Gasteiger partial charge < -0.3 is 9.15 Å². The topological polar surface area (TPSA) is 63.2 Å². The zero-order valence-corrected chi connectivity index (χ0v) is 10.7. The fourth-order valence-corrected chi connectivity index (χ4v) is 1.60. The van der Waals surface area contributed by atoms with Crippen molar-refractivity contribution in [2.45, 2.75) is 13.0 Å². The molecule has 1 aromatic carbocycles. The molecule has 1 aromatic heterocycles. The smallest absolute Gasteiger partial charge is 0.338 e. The molecule has 0 aliphatic heterocycles. The van der Waals surface area contributed by atoms with Crippen molar-refractivity contribution in [1.82, 2.24) is 0 Å². The Labute approximate surface area is 115 Å². The van der Waals surface area contributed by atoms with Crippen LogP contribution in [-0.2, 0) is 17.8 Å². The van der Waals surface area contributed by atoms with Gasteiger partial charge in [-0.3, -0.25) is 0 Å². The third kappa shape index (κ3) is 3.60. The van der Waals surface area contributed by atoms with Crippen LogP contribution in [0, 0.1) is 11.3 Å². The molecule has 0 saturated carbocycles. The number of furan rings is 1. The van der Waals surface area contributed by atoms with Crippen LogP contribution >= 0.6 is 11.6 Å². The fourth-order valence-electron chi connectivity index (χ4n) is 1.48. The second-order valence-electron chi connectivity index (χ2n) is 3.79. The number of hydrogen-bond donors (Lipinski definition) is 0. The predicted octanol–water partition coefficient (Wildman–Crippen LogP) is 3.36. The number of benzene rings is 1. The number of esters is 1. The Balaban J connectivity index is 1.92.